The first-order valence-electron chi connectivity index (χ1n) is 8.97. The minimum atomic E-state index is -0.959. The van der Waals surface area contributed by atoms with Gasteiger partial charge in [-0.15, -0.1) is 0 Å². The average molecular weight is 377 g/mol. The summed E-state index contributed by atoms with van der Waals surface area (Å²) in [7, 11) is 0. The molecule has 0 aliphatic rings. The Morgan fingerprint density at radius 2 is 1.59 bits per heavy atom. The molecule has 0 radical (unpaired) electrons. The fraction of sp³-hybridized carbons (Fsp3) is 0.524. The van der Waals surface area contributed by atoms with Crippen molar-refractivity contribution in [2.24, 2.45) is 0 Å². The third-order valence-electron chi connectivity index (χ3n) is 2.99. The van der Waals surface area contributed by atoms with Gasteiger partial charge in [0.25, 0.3) is 0 Å². The van der Waals surface area contributed by atoms with Crippen molar-refractivity contribution in [3.05, 3.63) is 48.0 Å². The molecule has 1 atom stereocenters. The molecule has 0 aromatic heterocycles. The Balaban J connectivity index is 2.63. The van der Waals surface area contributed by atoms with E-state index in [0.29, 0.717) is 13.2 Å². The van der Waals surface area contributed by atoms with Crippen molar-refractivity contribution in [1.29, 1.82) is 0 Å². The van der Waals surface area contributed by atoms with Gasteiger partial charge in [0.05, 0.1) is 13.2 Å². The van der Waals surface area contributed by atoms with Gasteiger partial charge in [-0.3, -0.25) is 0 Å². The van der Waals surface area contributed by atoms with Crippen molar-refractivity contribution in [3.63, 3.8) is 0 Å². The number of hydrogen-bond acceptors (Lipinski definition) is 5. The van der Waals surface area contributed by atoms with Crippen LogP contribution in [0.2, 0.25) is 0 Å². The van der Waals surface area contributed by atoms with Crippen molar-refractivity contribution in [3.8, 4) is 0 Å². The molecule has 150 valence electrons. The first-order valence-corrected chi connectivity index (χ1v) is 8.97. The van der Waals surface area contributed by atoms with Gasteiger partial charge in [0.2, 0.25) is 0 Å². The normalized spacial score (nSPS) is 13.3. The maximum atomic E-state index is 12.4. The summed E-state index contributed by atoms with van der Waals surface area (Å²) in [5.74, 6) is -0.562. The molecule has 6 heteroatoms. The van der Waals surface area contributed by atoms with Crippen LogP contribution in [-0.4, -0.2) is 35.9 Å². The quantitative estimate of drug-likeness (QED) is 0.442. The van der Waals surface area contributed by atoms with Crippen molar-refractivity contribution < 1.29 is 23.8 Å². The van der Waals surface area contributed by atoms with Gasteiger partial charge in [-0.1, -0.05) is 42.5 Å². The highest BCUT2D eigenvalue weighted by atomic mass is 16.6. The smallest absolute Gasteiger partial charge is 0.408 e. The van der Waals surface area contributed by atoms with Crippen molar-refractivity contribution in [1.82, 2.24) is 5.32 Å². The molecule has 0 aliphatic heterocycles. The predicted octanol–water partition coefficient (Wildman–Crippen LogP) is 3.99. The summed E-state index contributed by atoms with van der Waals surface area (Å²) < 4.78 is 16.1. The molecule has 1 N–H and O–H groups in total. The molecule has 1 aromatic carbocycles. The number of rotatable bonds is 7. The van der Waals surface area contributed by atoms with Crippen LogP contribution in [-0.2, 0) is 25.6 Å². The summed E-state index contributed by atoms with van der Waals surface area (Å²) in [5, 5.41) is 2.53. The number of esters is 1. The molecule has 0 fully saturated rings. The summed E-state index contributed by atoms with van der Waals surface area (Å²) in [5.41, 5.74) is -0.269. The number of amides is 1. The van der Waals surface area contributed by atoms with Crippen LogP contribution in [0, 0.1) is 0 Å². The van der Waals surface area contributed by atoms with Gasteiger partial charge in [0.15, 0.2) is 0 Å². The van der Waals surface area contributed by atoms with Crippen molar-refractivity contribution in [2.45, 2.75) is 65.4 Å². The van der Waals surface area contributed by atoms with Crippen LogP contribution in [0.1, 0.15) is 47.1 Å². The van der Waals surface area contributed by atoms with Gasteiger partial charge < -0.3 is 19.5 Å². The van der Waals surface area contributed by atoms with E-state index in [4.69, 9.17) is 14.2 Å². The topological polar surface area (TPSA) is 73.9 Å². The lowest BCUT2D eigenvalue weighted by molar-refractivity contribution is -0.156. The van der Waals surface area contributed by atoms with Gasteiger partial charge in [0.1, 0.15) is 17.2 Å². The van der Waals surface area contributed by atoms with Crippen LogP contribution >= 0.6 is 0 Å². The number of benzene rings is 1. The second-order valence-corrected chi connectivity index (χ2v) is 8.09. The van der Waals surface area contributed by atoms with Crippen LogP contribution in [0.5, 0.6) is 0 Å². The van der Waals surface area contributed by atoms with E-state index in [9.17, 15) is 9.59 Å². The third-order valence-corrected chi connectivity index (χ3v) is 2.99. The van der Waals surface area contributed by atoms with E-state index in [-0.39, 0.29) is 0 Å². The number of nitrogens with one attached hydrogen (secondary N) is 1. The molecule has 0 spiro atoms. The van der Waals surface area contributed by atoms with Gasteiger partial charge >= 0.3 is 12.1 Å². The molecule has 0 heterocycles. The van der Waals surface area contributed by atoms with Crippen molar-refractivity contribution in [2.75, 3.05) is 6.61 Å². The number of carbonyl (C=O) groups excluding carboxylic acids is 2. The summed E-state index contributed by atoms with van der Waals surface area (Å²) in [4.78, 5) is 24.4. The summed E-state index contributed by atoms with van der Waals surface area (Å²) in [6, 6.07) is 8.81. The van der Waals surface area contributed by atoms with Crippen LogP contribution in [0.4, 0.5) is 4.79 Å². The standard InChI is InChI=1S/C21H31NO5/c1-20(2,3)26-18(23)17(22-19(24)27-21(4,5)6)13-10-14-25-15-16-11-8-7-9-12-16/h7-13,17H,14-15H2,1-6H3,(H,22,24). The highest BCUT2D eigenvalue weighted by molar-refractivity contribution is 5.83. The average Bonchev–Trinajstić information content (AvgIpc) is 2.51. The minimum Gasteiger partial charge on any atom is -0.458 e. The molecule has 0 saturated carbocycles. The Hall–Kier alpha value is -2.34. The molecular formula is C21H31NO5. The van der Waals surface area contributed by atoms with Crippen LogP contribution in [0.15, 0.2) is 42.5 Å². The zero-order chi connectivity index (χ0) is 20.5. The molecular weight excluding hydrogens is 346 g/mol. The van der Waals surface area contributed by atoms with Crippen LogP contribution in [0.3, 0.4) is 0 Å². The first-order chi connectivity index (χ1) is 12.5. The zero-order valence-corrected chi connectivity index (χ0v) is 17.1. The Kier molecular flexibility index (Phi) is 8.50. The van der Waals surface area contributed by atoms with E-state index in [1.54, 1.807) is 53.7 Å². The summed E-state index contributed by atoms with van der Waals surface area (Å²) in [6.45, 7) is 11.3. The third kappa shape index (κ3) is 11.1. The molecule has 0 saturated heterocycles. The maximum absolute atomic E-state index is 12.4. The SMILES string of the molecule is CC(C)(C)OC(=O)NC(C=CCOCc1ccccc1)C(=O)OC(C)(C)C. The van der Waals surface area contributed by atoms with E-state index >= 15 is 0 Å². The first kappa shape index (κ1) is 22.7. The lowest BCUT2D eigenvalue weighted by Gasteiger charge is -2.25. The molecule has 27 heavy (non-hydrogen) atoms. The zero-order valence-electron chi connectivity index (χ0n) is 17.1. The number of alkyl carbamates (subject to hydrolysis) is 1. The van der Waals surface area contributed by atoms with Gasteiger partial charge in [-0.2, -0.15) is 0 Å². The Labute approximate surface area is 161 Å². The Morgan fingerprint density at radius 3 is 2.15 bits per heavy atom. The molecule has 6 nitrogen and oxygen atoms in total. The second-order valence-electron chi connectivity index (χ2n) is 8.09. The minimum absolute atomic E-state index is 0.296. The molecule has 0 aliphatic carbocycles. The molecule has 1 rings (SSSR count). The number of ether oxygens (including phenoxy) is 3. The molecule has 1 unspecified atom stereocenters. The lowest BCUT2D eigenvalue weighted by atomic mass is 10.2. The van der Waals surface area contributed by atoms with E-state index in [0.717, 1.165) is 5.56 Å². The van der Waals surface area contributed by atoms with E-state index < -0.39 is 29.3 Å². The second kappa shape index (κ2) is 10.1. The Morgan fingerprint density at radius 1 is 1.00 bits per heavy atom. The Bertz CT molecular complexity index is 626. The largest absolute Gasteiger partial charge is 0.458 e. The predicted molar refractivity (Wildman–Crippen MR) is 104 cm³/mol. The van der Waals surface area contributed by atoms with Crippen LogP contribution < -0.4 is 5.32 Å². The fourth-order valence-corrected chi connectivity index (χ4v) is 2.00. The van der Waals surface area contributed by atoms with Gasteiger partial charge in [0, 0.05) is 0 Å². The van der Waals surface area contributed by atoms with Crippen LogP contribution in [0.25, 0.3) is 0 Å². The highest BCUT2D eigenvalue weighted by Gasteiger charge is 2.26. The molecule has 0 bridgehead atoms. The van der Waals surface area contributed by atoms with Gasteiger partial charge in [-0.05, 0) is 47.1 Å². The molecule has 1 aromatic rings. The number of carbonyl (C=O) groups is 2. The van der Waals surface area contributed by atoms with E-state index in [1.165, 1.54) is 0 Å². The van der Waals surface area contributed by atoms with E-state index in [2.05, 4.69) is 5.32 Å². The lowest BCUT2D eigenvalue weighted by Crippen LogP contribution is -2.45. The highest BCUT2D eigenvalue weighted by Crippen LogP contribution is 2.11. The molecule has 1 amide bonds. The summed E-state index contributed by atoms with van der Waals surface area (Å²) >= 11 is 0. The summed E-state index contributed by atoms with van der Waals surface area (Å²) in [6.07, 6.45) is 2.53. The number of hydrogen-bond donors (Lipinski definition) is 1. The van der Waals surface area contributed by atoms with Gasteiger partial charge in [-0.25, -0.2) is 9.59 Å². The van der Waals surface area contributed by atoms with Crippen molar-refractivity contribution >= 4 is 12.1 Å². The maximum Gasteiger partial charge on any atom is 0.408 e. The fourth-order valence-electron chi connectivity index (χ4n) is 2.00. The monoisotopic (exact) mass is 377 g/mol. The van der Waals surface area contributed by atoms with E-state index in [1.807, 2.05) is 30.3 Å².